The fourth-order valence-electron chi connectivity index (χ4n) is 2.57. The maximum absolute atomic E-state index is 11.2. The predicted molar refractivity (Wildman–Crippen MR) is 52.6 cm³/mol. The van der Waals surface area contributed by atoms with E-state index in [4.69, 9.17) is 0 Å². The van der Waals surface area contributed by atoms with Gasteiger partial charge in [0.15, 0.2) is 0 Å². The molecule has 2 nitrogen and oxygen atoms in total. The summed E-state index contributed by atoms with van der Waals surface area (Å²) in [6.07, 6.45) is 6.10. The zero-order valence-corrected chi connectivity index (χ0v) is 8.68. The molecule has 13 heavy (non-hydrogen) atoms. The van der Waals surface area contributed by atoms with Gasteiger partial charge in [0.2, 0.25) is 0 Å². The largest absolute Gasteiger partial charge is 0.481 e. The van der Waals surface area contributed by atoms with Crippen LogP contribution in [0.4, 0.5) is 0 Å². The van der Waals surface area contributed by atoms with Crippen molar-refractivity contribution in [2.75, 3.05) is 0 Å². The van der Waals surface area contributed by atoms with Gasteiger partial charge in [-0.1, -0.05) is 33.1 Å². The summed E-state index contributed by atoms with van der Waals surface area (Å²) in [5.41, 5.74) is -0.342. The Bertz CT molecular complexity index is 183. The van der Waals surface area contributed by atoms with E-state index in [9.17, 15) is 9.90 Å². The second-order valence-corrected chi connectivity index (χ2v) is 4.21. The molecule has 1 atom stereocenters. The fourth-order valence-corrected chi connectivity index (χ4v) is 2.57. The van der Waals surface area contributed by atoms with E-state index in [2.05, 4.69) is 13.8 Å². The van der Waals surface area contributed by atoms with Crippen molar-refractivity contribution in [3.63, 3.8) is 0 Å². The van der Waals surface area contributed by atoms with Crippen molar-refractivity contribution in [3.8, 4) is 0 Å². The number of hydrogen-bond donors (Lipinski definition) is 1. The summed E-state index contributed by atoms with van der Waals surface area (Å²) in [6, 6.07) is 0. The van der Waals surface area contributed by atoms with Crippen molar-refractivity contribution >= 4 is 5.97 Å². The summed E-state index contributed by atoms with van der Waals surface area (Å²) in [7, 11) is 0. The molecule has 0 aromatic carbocycles. The summed E-state index contributed by atoms with van der Waals surface area (Å²) in [5, 5.41) is 9.21. The zero-order valence-electron chi connectivity index (χ0n) is 8.68. The summed E-state index contributed by atoms with van der Waals surface area (Å²) >= 11 is 0. The average molecular weight is 184 g/mol. The van der Waals surface area contributed by atoms with Crippen LogP contribution in [0.2, 0.25) is 0 Å². The molecule has 0 spiro atoms. The molecular formula is C11H20O2. The zero-order chi connectivity index (χ0) is 9.90. The van der Waals surface area contributed by atoms with Crippen LogP contribution in [0.3, 0.4) is 0 Å². The molecule has 76 valence electrons. The summed E-state index contributed by atoms with van der Waals surface area (Å²) in [5.74, 6) is -0.150. The highest BCUT2D eigenvalue weighted by Gasteiger charge is 2.49. The third-order valence-corrected chi connectivity index (χ3v) is 3.58. The van der Waals surface area contributed by atoms with Crippen LogP contribution >= 0.6 is 0 Å². The summed E-state index contributed by atoms with van der Waals surface area (Å²) < 4.78 is 0. The maximum atomic E-state index is 11.2. The van der Waals surface area contributed by atoms with E-state index < -0.39 is 5.97 Å². The van der Waals surface area contributed by atoms with Crippen LogP contribution < -0.4 is 0 Å². The SMILES string of the molecule is CCCC(CC)C1(C(=O)O)CCC1. The third-order valence-electron chi connectivity index (χ3n) is 3.58. The maximum Gasteiger partial charge on any atom is 0.309 e. The van der Waals surface area contributed by atoms with Gasteiger partial charge in [-0.05, 0) is 25.2 Å². The van der Waals surface area contributed by atoms with Gasteiger partial charge in [0, 0.05) is 0 Å². The lowest BCUT2D eigenvalue weighted by Gasteiger charge is -2.44. The van der Waals surface area contributed by atoms with Crippen LogP contribution in [-0.2, 0) is 4.79 Å². The number of carboxylic acid groups (broad SMARTS) is 1. The van der Waals surface area contributed by atoms with Gasteiger partial charge in [0.05, 0.1) is 5.41 Å². The quantitative estimate of drug-likeness (QED) is 0.713. The molecule has 0 saturated heterocycles. The Hall–Kier alpha value is -0.530. The molecule has 0 heterocycles. The summed E-state index contributed by atoms with van der Waals surface area (Å²) in [4.78, 5) is 11.2. The Labute approximate surface area is 80.3 Å². The molecule has 1 aliphatic carbocycles. The van der Waals surface area contributed by atoms with Crippen molar-refractivity contribution in [1.29, 1.82) is 0 Å². The molecule has 0 radical (unpaired) electrons. The standard InChI is InChI=1S/C11H20O2/c1-3-6-9(4-2)11(10(12)13)7-5-8-11/h9H,3-8H2,1-2H3,(H,12,13). The van der Waals surface area contributed by atoms with Crippen molar-refractivity contribution in [2.24, 2.45) is 11.3 Å². The van der Waals surface area contributed by atoms with Gasteiger partial charge >= 0.3 is 5.97 Å². The van der Waals surface area contributed by atoms with E-state index in [-0.39, 0.29) is 5.41 Å². The molecule has 0 amide bonds. The number of hydrogen-bond acceptors (Lipinski definition) is 1. The van der Waals surface area contributed by atoms with Crippen molar-refractivity contribution in [2.45, 2.75) is 52.4 Å². The van der Waals surface area contributed by atoms with Crippen molar-refractivity contribution < 1.29 is 9.90 Å². The lowest BCUT2D eigenvalue weighted by Crippen LogP contribution is -2.44. The molecule has 0 aliphatic heterocycles. The van der Waals surface area contributed by atoms with Crippen molar-refractivity contribution in [1.82, 2.24) is 0 Å². The molecule has 2 heteroatoms. The first-order chi connectivity index (χ1) is 6.17. The third kappa shape index (κ3) is 1.72. The summed E-state index contributed by atoms with van der Waals surface area (Å²) in [6.45, 7) is 4.25. The fraction of sp³-hybridized carbons (Fsp3) is 0.909. The number of aliphatic carboxylic acids is 1. The minimum absolute atomic E-state index is 0.342. The van der Waals surface area contributed by atoms with Crippen LogP contribution in [0.5, 0.6) is 0 Å². The van der Waals surface area contributed by atoms with Gasteiger partial charge in [-0.25, -0.2) is 0 Å². The van der Waals surface area contributed by atoms with Gasteiger partial charge in [0.25, 0.3) is 0 Å². The molecule has 0 aromatic rings. The molecule has 1 N–H and O–H groups in total. The van der Waals surface area contributed by atoms with Crippen LogP contribution in [0.25, 0.3) is 0 Å². The molecule has 1 saturated carbocycles. The van der Waals surface area contributed by atoms with Gasteiger partial charge in [-0.15, -0.1) is 0 Å². The number of carboxylic acids is 1. The minimum Gasteiger partial charge on any atom is -0.481 e. The van der Waals surface area contributed by atoms with Crippen LogP contribution in [-0.4, -0.2) is 11.1 Å². The first kappa shape index (κ1) is 10.6. The first-order valence-electron chi connectivity index (χ1n) is 5.40. The minimum atomic E-state index is -0.556. The first-order valence-corrected chi connectivity index (χ1v) is 5.40. The monoisotopic (exact) mass is 184 g/mol. The van der Waals surface area contributed by atoms with Crippen LogP contribution in [0.1, 0.15) is 52.4 Å². The molecule has 1 rings (SSSR count). The molecule has 1 unspecified atom stereocenters. The van der Waals surface area contributed by atoms with E-state index in [0.717, 1.165) is 38.5 Å². The molecule has 0 bridgehead atoms. The van der Waals surface area contributed by atoms with E-state index >= 15 is 0 Å². The lowest BCUT2D eigenvalue weighted by molar-refractivity contribution is -0.160. The van der Waals surface area contributed by atoms with E-state index in [1.165, 1.54) is 0 Å². The van der Waals surface area contributed by atoms with Gasteiger partial charge in [-0.3, -0.25) is 4.79 Å². The number of carbonyl (C=O) groups is 1. The Morgan fingerprint density at radius 3 is 2.31 bits per heavy atom. The van der Waals surface area contributed by atoms with Gasteiger partial charge in [-0.2, -0.15) is 0 Å². The number of rotatable bonds is 5. The van der Waals surface area contributed by atoms with E-state index in [0.29, 0.717) is 5.92 Å². The molecule has 1 fully saturated rings. The Morgan fingerprint density at radius 2 is 2.08 bits per heavy atom. The Morgan fingerprint density at radius 1 is 1.46 bits per heavy atom. The van der Waals surface area contributed by atoms with Gasteiger partial charge in [0.1, 0.15) is 0 Å². The van der Waals surface area contributed by atoms with Crippen LogP contribution in [0.15, 0.2) is 0 Å². The highest BCUT2D eigenvalue weighted by atomic mass is 16.4. The van der Waals surface area contributed by atoms with Crippen LogP contribution in [0, 0.1) is 11.3 Å². The highest BCUT2D eigenvalue weighted by molar-refractivity contribution is 5.76. The second-order valence-electron chi connectivity index (χ2n) is 4.21. The predicted octanol–water partition coefficient (Wildman–Crippen LogP) is 3.07. The van der Waals surface area contributed by atoms with E-state index in [1.807, 2.05) is 0 Å². The molecule has 0 aromatic heterocycles. The smallest absolute Gasteiger partial charge is 0.309 e. The van der Waals surface area contributed by atoms with E-state index in [1.54, 1.807) is 0 Å². The normalized spacial score (nSPS) is 22.0. The Balaban J connectivity index is 2.67. The van der Waals surface area contributed by atoms with Crippen molar-refractivity contribution in [3.05, 3.63) is 0 Å². The average Bonchev–Trinajstić information content (AvgIpc) is 2.00. The highest BCUT2D eigenvalue weighted by Crippen LogP contribution is 2.50. The molecular weight excluding hydrogens is 164 g/mol. The Kier molecular flexibility index (Phi) is 3.34. The van der Waals surface area contributed by atoms with Gasteiger partial charge < -0.3 is 5.11 Å². The second kappa shape index (κ2) is 4.12. The molecule has 1 aliphatic rings. The lowest BCUT2D eigenvalue weighted by atomic mass is 9.59. The topological polar surface area (TPSA) is 37.3 Å².